The number of nitrogens with zero attached hydrogens (tertiary/aromatic N) is 2. The maximum Gasteiger partial charge on any atom is 0.305 e. The van der Waals surface area contributed by atoms with E-state index in [1.165, 1.54) is 19.3 Å². The molecule has 8 heteroatoms. The van der Waals surface area contributed by atoms with Gasteiger partial charge in [-0.25, -0.2) is 4.98 Å². The van der Waals surface area contributed by atoms with Crippen LogP contribution in [0.5, 0.6) is 0 Å². The smallest absolute Gasteiger partial charge is 0.305 e. The van der Waals surface area contributed by atoms with E-state index in [0.29, 0.717) is 17.2 Å². The number of nitrogens with one attached hydrogen (secondary N) is 2. The highest BCUT2D eigenvalue weighted by Gasteiger charge is 2.23. The van der Waals surface area contributed by atoms with Crippen LogP contribution in [0.4, 0.5) is 0 Å². The molecular weight excluding hydrogens is 406 g/mol. The molecule has 0 aliphatic heterocycles. The van der Waals surface area contributed by atoms with Crippen LogP contribution in [0.2, 0.25) is 0 Å². The molecule has 8 nitrogen and oxygen atoms in total. The molecule has 0 spiro atoms. The van der Waals surface area contributed by atoms with E-state index in [1.54, 1.807) is 12.1 Å². The van der Waals surface area contributed by atoms with Gasteiger partial charge in [-0.15, -0.1) is 0 Å². The van der Waals surface area contributed by atoms with Gasteiger partial charge in [-0.3, -0.25) is 15.0 Å². The highest BCUT2D eigenvalue weighted by atomic mass is 16.4. The largest absolute Gasteiger partial charge is 0.481 e. The number of aliphatic carboxylic acids is 1. The van der Waals surface area contributed by atoms with E-state index in [0.717, 1.165) is 35.3 Å². The van der Waals surface area contributed by atoms with Crippen LogP contribution < -0.4 is 11.1 Å². The van der Waals surface area contributed by atoms with Crippen molar-refractivity contribution in [1.29, 1.82) is 5.41 Å². The predicted molar refractivity (Wildman–Crippen MR) is 123 cm³/mol. The molecule has 0 radical (unpaired) electrons. The third kappa shape index (κ3) is 4.49. The maximum atomic E-state index is 12.5. The molecule has 0 atom stereocenters. The summed E-state index contributed by atoms with van der Waals surface area (Å²) in [6, 6.07) is 13.3. The minimum Gasteiger partial charge on any atom is -0.481 e. The Labute approximate surface area is 186 Å². The molecule has 5 N–H and O–H groups in total. The molecule has 2 aromatic carbocycles. The van der Waals surface area contributed by atoms with E-state index in [-0.39, 0.29) is 24.7 Å². The number of carbonyl (C=O) groups is 2. The number of amidine groups is 1. The van der Waals surface area contributed by atoms with Crippen molar-refractivity contribution < 1.29 is 14.7 Å². The van der Waals surface area contributed by atoms with Gasteiger partial charge in [-0.2, -0.15) is 0 Å². The summed E-state index contributed by atoms with van der Waals surface area (Å²) in [6.45, 7) is 0.0798. The first kappa shape index (κ1) is 21.5. The standard InChI is InChI=1S/C24H27N5O3/c25-22(26)15-6-8-16(9-7-15)23-28-19-14-17(24(32)27-13-12-21(30)31)10-11-20(19)29(23)18-4-2-1-3-5-18/h6-11,14,18H,1-5,12-13H2,(H3,25,26)(H,27,32)(H,30,31). The highest BCUT2D eigenvalue weighted by Crippen LogP contribution is 2.36. The number of aromatic nitrogens is 2. The Balaban J connectivity index is 1.73. The lowest BCUT2D eigenvalue weighted by Gasteiger charge is -2.25. The lowest BCUT2D eigenvalue weighted by Crippen LogP contribution is -2.25. The number of benzene rings is 2. The Hall–Kier alpha value is -3.68. The second kappa shape index (κ2) is 9.21. The zero-order valence-corrected chi connectivity index (χ0v) is 17.8. The van der Waals surface area contributed by atoms with E-state index in [9.17, 15) is 9.59 Å². The summed E-state index contributed by atoms with van der Waals surface area (Å²) >= 11 is 0. The first-order valence-electron chi connectivity index (χ1n) is 10.9. The van der Waals surface area contributed by atoms with Crippen LogP contribution in [-0.4, -0.2) is 38.9 Å². The summed E-state index contributed by atoms with van der Waals surface area (Å²) in [5.41, 5.74) is 9.35. The van der Waals surface area contributed by atoms with Gasteiger partial charge in [0.1, 0.15) is 11.7 Å². The molecule has 1 aromatic heterocycles. The predicted octanol–water partition coefficient (Wildman–Crippen LogP) is 3.70. The third-order valence-electron chi connectivity index (χ3n) is 5.97. The summed E-state index contributed by atoms with van der Waals surface area (Å²) < 4.78 is 2.28. The first-order chi connectivity index (χ1) is 15.4. The van der Waals surface area contributed by atoms with Crippen LogP contribution in [0.1, 0.15) is 60.5 Å². The van der Waals surface area contributed by atoms with Crippen LogP contribution in [0.25, 0.3) is 22.4 Å². The van der Waals surface area contributed by atoms with E-state index in [1.807, 2.05) is 30.3 Å². The van der Waals surface area contributed by atoms with E-state index >= 15 is 0 Å². The SMILES string of the molecule is N=C(N)c1ccc(-c2nc3cc(C(=O)NCCC(=O)O)ccc3n2C2CCCCC2)cc1. The number of rotatable bonds is 7. The number of carbonyl (C=O) groups excluding carboxylic acids is 1. The summed E-state index contributed by atoms with van der Waals surface area (Å²) in [7, 11) is 0. The minimum absolute atomic E-state index is 0.0240. The van der Waals surface area contributed by atoms with Crippen LogP contribution in [0.15, 0.2) is 42.5 Å². The minimum atomic E-state index is -0.951. The fourth-order valence-electron chi connectivity index (χ4n) is 4.34. The molecule has 32 heavy (non-hydrogen) atoms. The molecule has 3 aromatic rings. The Morgan fingerprint density at radius 3 is 2.44 bits per heavy atom. The van der Waals surface area contributed by atoms with Crippen molar-refractivity contribution in [3.63, 3.8) is 0 Å². The van der Waals surface area contributed by atoms with Gasteiger partial charge in [-0.1, -0.05) is 43.5 Å². The van der Waals surface area contributed by atoms with E-state index in [2.05, 4.69) is 9.88 Å². The van der Waals surface area contributed by atoms with Gasteiger partial charge >= 0.3 is 5.97 Å². The lowest BCUT2D eigenvalue weighted by atomic mass is 9.94. The molecule has 0 bridgehead atoms. The number of nitrogen functional groups attached to an aromatic ring is 1. The van der Waals surface area contributed by atoms with Crippen LogP contribution in [0.3, 0.4) is 0 Å². The van der Waals surface area contributed by atoms with Gasteiger partial charge in [-0.05, 0) is 31.0 Å². The number of fused-ring (bicyclic) bond motifs is 1. The second-order valence-electron chi connectivity index (χ2n) is 8.19. The monoisotopic (exact) mass is 433 g/mol. The van der Waals surface area contributed by atoms with Gasteiger partial charge in [0.25, 0.3) is 5.91 Å². The molecule has 166 valence electrons. The fourth-order valence-corrected chi connectivity index (χ4v) is 4.34. The number of nitrogens with two attached hydrogens (primary N) is 1. The van der Waals surface area contributed by atoms with Crippen molar-refractivity contribution in [2.24, 2.45) is 5.73 Å². The number of imidazole rings is 1. The van der Waals surface area contributed by atoms with E-state index < -0.39 is 5.97 Å². The Kier molecular flexibility index (Phi) is 6.20. The average molecular weight is 434 g/mol. The van der Waals surface area contributed by atoms with Crippen molar-refractivity contribution in [1.82, 2.24) is 14.9 Å². The quantitative estimate of drug-likeness (QED) is 0.333. The maximum absolute atomic E-state index is 12.5. The molecular formula is C24H27N5O3. The van der Waals surface area contributed by atoms with E-state index in [4.69, 9.17) is 21.2 Å². The Morgan fingerprint density at radius 1 is 1.09 bits per heavy atom. The summed E-state index contributed by atoms with van der Waals surface area (Å²) in [5, 5.41) is 19.0. The Bertz CT molecular complexity index is 1160. The summed E-state index contributed by atoms with van der Waals surface area (Å²) in [6.07, 6.45) is 5.65. The van der Waals surface area contributed by atoms with Crippen LogP contribution >= 0.6 is 0 Å². The van der Waals surface area contributed by atoms with Crippen molar-refractivity contribution in [2.75, 3.05) is 6.54 Å². The first-order valence-corrected chi connectivity index (χ1v) is 10.9. The second-order valence-corrected chi connectivity index (χ2v) is 8.19. The van der Waals surface area contributed by atoms with Gasteiger partial charge in [0, 0.05) is 29.3 Å². The number of carboxylic acids is 1. The molecule has 0 saturated heterocycles. The normalized spacial score (nSPS) is 14.4. The highest BCUT2D eigenvalue weighted by molar-refractivity contribution is 5.98. The van der Waals surface area contributed by atoms with Crippen molar-refractivity contribution in [3.05, 3.63) is 53.6 Å². The van der Waals surface area contributed by atoms with Gasteiger partial charge in [0.15, 0.2) is 0 Å². The number of hydrogen-bond donors (Lipinski definition) is 4. The fraction of sp³-hybridized carbons (Fsp3) is 0.333. The van der Waals surface area contributed by atoms with Gasteiger partial charge < -0.3 is 20.7 Å². The third-order valence-corrected chi connectivity index (χ3v) is 5.97. The van der Waals surface area contributed by atoms with Crippen LogP contribution in [-0.2, 0) is 4.79 Å². The zero-order chi connectivity index (χ0) is 22.7. The molecule has 1 fully saturated rings. The average Bonchev–Trinajstić information content (AvgIpc) is 3.18. The topological polar surface area (TPSA) is 134 Å². The van der Waals surface area contributed by atoms with Gasteiger partial charge in [0.05, 0.1) is 17.5 Å². The van der Waals surface area contributed by atoms with Crippen LogP contribution in [0, 0.1) is 5.41 Å². The molecule has 1 aliphatic carbocycles. The zero-order valence-electron chi connectivity index (χ0n) is 17.8. The summed E-state index contributed by atoms with van der Waals surface area (Å²) in [4.78, 5) is 28.0. The van der Waals surface area contributed by atoms with Crippen molar-refractivity contribution in [2.45, 2.75) is 44.6 Å². The molecule has 4 rings (SSSR count). The van der Waals surface area contributed by atoms with Crippen molar-refractivity contribution in [3.8, 4) is 11.4 Å². The van der Waals surface area contributed by atoms with Gasteiger partial charge in [0.2, 0.25) is 0 Å². The molecule has 1 saturated carbocycles. The molecule has 1 aliphatic rings. The molecule has 0 unspecified atom stereocenters. The van der Waals surface area contributed by atoms with Crippen molar-refractivity contribution >= 4 is 28.7 Å². The molecule has 1 heterocycles. The lowest BCUT2D eigenvalue weighted by molar-refractivity contribution is -0.136. The number of hydrogen-bond acceptors (Lipinski definition) is 4. The number of carboxylic acid groups (broad SMARTS) is 1. The molecule has 1 amide bonds. The number of amides is 1. The Morgan fingerprint density at radius 2 is 1.78 bits per heavy atom. The summed E-state index contributed by atoms with van der Waals surface area (Å²) in [5.74, 6) is -0.401.